The van der Waals surface area contributed by atoms with Crippen LogP contribution < -0.4 is 0 Å². The molecule has 0 saturated carbocycles. The predicted octanol–water partition coefficient (Wildman–Crippen LogP) is 6.44. The molecule has 3 aliphatic rings. The number of hydrogen-bond donors (Lipinski definition) is 0. The second-order valence-corrected chi connectivity index (χ2v) is 10.1. The molecule has 4 rings (SSSR count). The lowest BCUT2D eigenvalue weighted by molar-refractivity contribution is 0.409. The molecule has 26 heavy (non-hydrogen) atoms. The van der Waals surface area contributed by atoms with Gasteiger partial charge in [-0.2, -0.15) is 0 Å². The molecule has 1 aliphatic carbocycles. The Labute approximate surface area is 161 Å². The van der Waals surface area contributed by atoms with Gasteiger partial charge in [-0.05, 0) is 42.4 Å². The molecular weight excluding hydrogens is 334 g/mol. The topological polar surface area (TPSA) is 12.4 Å². The highest BCUT2D eigenvalue weighted by Crippen LogP contribution is 2.55. The van der Waals surface area contributed by atoms with Crippen LogP contribution in [0.5, 0.6) is 0 Å². The standard InChI is InChI=1S/C24H27NS/c1-16-10-17(2)12-18(11-16)20-14-25-22-19(13-23(3,4)5)15-26-24(22)9-7-6-8-21(20)24/h6-12,14H,13,15H2,1-5H3. The van der Waals surface area contributed by atoms with Crippen LogP contribution in [0.15, 0.2) is 64.3 Å². The molecule has 0 bridgehead atoms. The quantitative estimate of drug-likeness (QED) is 0.590. The van der Waals surface area contributed by atoms with Crippen molar-refractivity contribution in [2.75, 3.05) is 5.75 Å². The minimum Gasteiger partial charge on any atom is -0.258 e. The number of dihydropyridines is 1. The van der Waals surface area contributed by atoms with E-state index in [9.17, 15) is 0 Å². The van der Waals surface area contributed by atoms with E-state index in [2.05, 4.69) is 83.3 Å². The summed E-state index contributed by atoms with van der Waals surface area (Å²) in [5.74, 6) is 1.08. The van der Waals surface area contributed by atoms with Gasteiger partial charge in [0, 0.05) is 17.5 Å². The Morgan fingerprint density at radius 2 is 1.81 bits per heavy atom. The van der Waals surface area contributed by atoms with Gasteiger partial charge in [-0.3, -0.25) is 4.99 Å². The van der Waals surface area contributed by atoms with E-state index in [1.165, 1.54) is 39.1 Å². The van der Waals surface area contributed by atoms with Crippen molar-refractivity contribution in [2.24, 2.45) is 10.4 Å². The van der Waals surface area contributed by atoms with E-state index in [1.54, 1.807) is 0 Å². The summed E-state index contributed by atoms with van der Waals surface area (Å²) in [4.78, 5) is 5.04. The molecule has 2 heteroatoms. The van der Waals surface area contributed by atoms with Crippen molar-refractivity contribution in [3.05, 3.63) is 76.0 Å². The number of rotatable bonds is 2. The van der Waals surface area contributed by atoms with Crippen molar-refractivity contribution >= 4 is 23.5 Å². The maximum absolute atomic E-state index is 5.04. The highest BCUT2D eigenvalue weighted by molar-refractivity contribution is 8.01. The molecule has 0 aromatic heterocycles. The summed E-state index contributed by atoms with van der Waals surface area (Å²) in [5, 5.41) is 0. The lowest BCUT2D eigenvalue weighted by Crippen LogP contribution is -2.29. The molecule has 0 radical (unpaired) electrons. The van der Waals surface area contributed by atoms with Crippen molar-refractivity contribution in [1.82, 2.24) is 0 Å². The summed E-state index contributed by atoms with van der Waals surface area (Å²) in [5.41, 5.74) is 9.63. The van der Waals surface area contributed by atoms with Crippen molar-refractivity contribution in [1.29, 1.82) is 0 Å². The number of aryl methyl sites for hydroxylation is 2. The summed E-state index contributed by atoms with van der Waals surface area (Å²) in [7, 11) is 0. The van der Waals surface area contributed by atoms with Crippen molar-refractivity contribution in [3.63, 3.8) is 0 Å². The van der Waals surface area contributed by atoms with Gasteiger partial charge in [0.2, 0.25) is 0 Å². The Bertz CT molecular complexity index is 898. The van der Waals surface area contributed by atoms with E-state index in [0.29, 0.717) is 0 Å². The van der Waals surface area contributed by atoms with Gasteiger partial charge in [-0.1, -0.05) is 74.4 Å². The molecule has 1 aromatic carbocycles. The first-order chi connectivity index (χ1) is 12.3. The lowest BCUT2D eigenvalue weighted by atomic mass is 9.79. The van der Waals surface area contributed by atoms with Gasteiger partial charge in [0.05, 0.1) is 5.70 Å². The summed E-state index contributed by atoms with van der Waals surface area (Å²) in [6.07, 6.45) is 12.2. The first kappa shape index (κ1) is 17.6. The first-order valence-corrected chi connectivity index (χ1v) is 10.4. The van der Waals surface area contributed by atoms with Crippen LogP contribution in [0.25, 0.3) is 5.57 Å². The van der Waals surface area contributed by atoms with Crippen LogP contribution in [0.3, 0.4) is 0 Å². The van der Waals surface area contributed by atoms with Gasteiger partial charge in [0.25, 0.3) is 0 Å². The van der Waals surface area contributed by atoms with E-state index in [-0.39, 0.29) is 10.2 Å². The molecule has 2 aliphatic heterocycles. The molecule has 0 amide bonds. The maximum atomic E-state index is 5.04. The van der Waals surface area contributed by atoms with Crippen molar-refractivity contribution < 1.29 is 0 Å². The van der Waals surface area contributed by atoms with Gasteiger partial charge in [0.15, 0.2) is 0 Å². The summed E-state index contributed by atoms with van der Waals surface area (Å²) in [6, 6.07) is 6.80. The third kappa shape index (κ3) is 2.95. The zero-order valence-corrected chi connectivity index (χ0v) is 17.2. The van der Waals surface area contributed by atoms with Crippen LogP contribution >= 0.6 is 11.8 Å². The molecule has 1 spiro atoms. The van der Waals surface area contributed by atoms with Gasteiger partial charge in [-0.15, -0.1) is 11.8 Å². The van der Waals surface area contributed by atoms with E-state index in [0.717, 1.165) is 12.2 Å². The molecule has 0 N–H and O–H groups in total. The van der Waals surface area contributed by atoms with Crippen LogP contribution in [0.4, 0.5) is 0 Å². The normalized spacial score (nSPS) is 24.3. The number of thioether (sulfide) groups is 1. The lowest BCUT2D eigenvalue weighted by Gasteiger charge is -2.34. The Morgan fingerprint density at radius 1 is 1.08 bits per heavy atom. The number of hydrogen-bond acceptors (Lipinski definition) is 2. The Kier molecular flexibility index (Phi) is 4.15. The van der Waals surface area contributed by atoms with Gasteiger partial charge in [-0.25, -0.2) is 0 Å². The average Bonchev–Trinajstić information content (AvgIpc) is 2.88. The average molecular weight is 362 g/mol. The van der Waals surface area contributed by atoms with E-state index in [4.69, 9.17) is 4.99 Å². The highest BCUT2D eigenvalue weighted by atomic mass is 32.2. The fourth-order valence-electron chi connectivity index (χ4n) is 4.30. The largest absolute Gasteiger partial charge is 0.258 e. The highest BCUT2D eigenvalue weighted by Gasteiger charge is 2.46. The maximum Gasteiger partial charge on any atom is 0.102 e. The zero-order valence-electron chi connectivity index (χ0n) is 16.4. The van der Waals surface area contributed by atoms with Crippen LogP contribution in [-0.2, 0) is 0 Å². The van der Waals surface area contributed by atoms with E-state index in [1.807, 2.05) is 11.8 Å². The monoisotopic (exact) mass is 361 g/mol. The molecule has 0 fully saturated rings. The smallest absolute Gasteiger partial charge is 0.102 e. The zero-order chi connectivity index (χ0) is 18.5. The number of benzene rings is 1. The molecule has 1 atom stereocenters. The molecule has 0 saturated heterocycles. The van der Waals surface area contributed by atoms with Crippen LogP contribution in [0.1, 0.15) is 43.9 Å². The Morgan fingerprint density at radius 3 is 2.50 bits per heavy atom. The minimum atomic E-state index is -0.100. The second-order valence-electron chi connectivity index (χ2n) is 8.89. The summed E-state index contributed by atoms with van der Waals surface area (Å²) in [6.45, 7) is 11.3. The van der Waals surface area contributed by atoms with Crippen molar-refractivity contribution in [2.45, 2.75) is 45.8 Å². The second kappa shape index (κ2) is 6.13. The third-order valence-corrected chi connectivity index (χ3v) is 6.65. The van der Waals surface area contributed by atoms with Gasteiger partial charge >= 0.3 is 0 Å². The molecule has 1 aromatic rings. The molecular formula is C24H27NS. The van der Waals surface area contributed by atoms with Crippen LogP contribution in [-0.4, -0.2) is 16.7 Å². The van der Waals surface area contributed by atoms with Crippen LogP contribution in [0, 0.1) is 19.3 Å². The molecule has 1 unspecified atom stereocenters. The molecule has 1 nitrogen and oxygen atoms in total. The Balaban J connectivity index is 1.88. The SMILES string of the molecule is Cc1cc(C)cc(C2=C3C=CC=CC34SCC(CC(C)(C)C)=C4N=C2)c1. The third-order valence-electron chi connectivity index (χ3n) is 5.16. The minimum absolute atomic E-state index is 0.100. The summed E-state index contributed by atoms with van der Waals surface area (Å²) >= 11 is 2.03. The van der Waals surface area contributed by atoms with Gasteiger partial charge < -0.3 is 0 Å². The molecule has 134 valence electrons. The number of nitrogens with zero attached hydrogens (tertiary/aromatic N) is 1. The van der Waals surface area contributed by atoms with E-state index < -0.39 is 0 Å². The molecule has 2 heterocycles. The Hall–Kier alpha value is -1.80. The fraction of sp³-hybridized carbons (Fsp3) is 0.375. The number of allylic oxidation sites excluding steroid dienone is 4. The first-order valence-electron chi connectivity index (χ1n) is 9.38. The fourth-order valence-corrected chi connectivity index (χ4v) is 5.78. The number of aliphatic imine (C=N–C) groups is 1. The van der Waals surface area contributed by atoms with E-state index >= 15 is 0 Å². The van der Waals surface area contributed by atoms with Crippen LogP contribution in [0.2, 0.25) is 0 Å². The summed E-state index contributed by atoms with van der Waals surface area (Å²) < 4.78 is -0.100. The predicted molar refractivity (Wildman–Crippen MR) is 116 cm³/mol. The van der Waals surface area contributed by atoms with Crippen molar-refractivity contribution in [3.8, 4) is 0 Å². The van der Waals surface area contributed by atoms with Gasteiger partial charge in [0.1, 0.15) is 4.75 Å².